The summed E-state index contributed by atoms with van der Waals surface area (Å²) < 4.78 is 3.53. The van der Waals surface area contributed by atoms with Crippen LogP contribution in [0.25, 0.3) is 11.0 Å². The van der Waals surface area contributed by atoms with E-state index in [9.17, 15) is 9.59 Å². The van der Waals surface area contributed by atoms with E-state index >= 15 is 0 Å². The van der Waals surface area contributed by atoms with Gasteiger partial charge in [-0.2, -0.15) is 0 Å². The highest BCUT2D eigenvalue weighted by molar-refractivity contribution is 8.30. The number of rotatable bonds is 4. The van der Waals surface area contributed by atoms with E-state index in [1.54, 1.807) is 21.2 Å². The predicted octanol–water partition coefficient (Wildman–Crippen LogP) is 3.17. The number of hydrogen-bond donors (Lipinski definition) is 0. The Morgan fingerprint density at radius 3 is 2.37 bits per heavy atom. The van der Waals surface area contributed by atoms with Gasteiger partial charge in [0.15, 0.2) is 0 Å². The molecule has 1 amide bonds. The van der Waals surface area contributed by atoms with E-state index in [2.05, 4.69) is 24.0 Å². The van der Waals surface area contributed by atoms with Crippen LogP contribution in [0.15, 0.2) is 45.1 Å². The van der Waals surface area contributed by atoms with Gasteiger partial charge in [-0.1, -0.05) is 47.9 Å². The molecule has 2 aliphatic rings. The van der Waals surface area contributed by atoms with Crippen LogP contribution in [-0.4, -0.2) is 32.8 Å². The molecular formula is C21H21N3O2S4. The van der Waals surface area contributed by atoms with Crippen LogP contribution in [0.5, 0.6) is 0 Å². The first-order chi connectivity index (χ1) is 14.5. The first kappa shape index (κ1) is 21.4. The summed E-state index contributed by atoms with van der Waals surface area (Å²) in [7, 11) is 0. The minimum atomic E-state index is -0.111. The third-order valence-electron chi connectivity index (χ3n) is 4.91. The molecule has 0 atom stereocenters. The minimum Gasteiger partial charge on any atom is -0.335 e. The van der Waals surface area contributed by atoms with Gasteiger partial charge >= 0.3 is 0 Å². The number of thioether (sulfide) groups is 2. The molecule has 2 aliphatic heterocycles. The Morgan fingerprint density at radius 2 is 1.70 bits per heavy atom. The summed E-state index contributed by atoms with van der Waals surface area (Å²) in [6.45, 7) is 7.83. The number of carbonyl (C=O) groups excluding carboxylic acids is 1. The van der Waals surface area contributed by atoms with Gasteiger partial charge in [0, 0.05) is 24.5 Å². The number of amides is 1. The average Bonchev–Trinajstić information content (AvgIpc) is 3.36. The van der Waals surface area contributed by atoms with Crippen LogP contribution in [0.1, 0.15) is 20.8 Å². The van der Waals surface area contributed by atoms with E-state index in [0.717, 1.165) is 11.6 Å². The molecule has 3 heterocycles. The fraction of sp³-hybridized carbons (Fsp3) is 0.286. The van der Waals surface area contributed by atoms with Gasteiger partial charge in [0.25, 0.3) is 11.5 Å². The van der Waals surface area contributed by atoms with Crippen molar-refractivity contribution in [3.8, 4) is 0 Å². The molecule has 0 saturated carbocycles. The van der Waals surface area contributed by atoms with Crippen molar-refractivity contribution in [1.82, 2.24) is 9.47 Å². The quantitative estimate of drug-likeness (QED) is 0.633. The largest absolute Gasteiger partial charge is 0.335 e. The van der Waals surface area contributed by atoms with Crippen molar-refractivity contribution >= 4 is 74.0 Å². The standard InChI is InChI=1S/C21H21N3O2S4/c1-4-22-13-9-7-8-10-14(13)28-16(22)12-11-15-18(25)23(5-2)20(29-15)17-19(26)24(6-3)21(27)30-17/h7-12H,4-6H2,1-3H3/b15-11?,16-12?,20-17-. The molecule has 9 heteroatoms. The van der Waals surface area contributed by atoms with Gasteiger partial charge < -0.3 is 4.90 Å². The summed E-state index contributed by atoms with van der Waals surface area (Å²) in [4.78, 5) is 31.3. The Bertz CT molecular complexity index is 1240. The molecule has 4 rings (SSSR count). The molecule has 0 aliphatic carbocycles. The fourth-order valence-corrected chi connectivity index (χ4v) is 7.22. The lowest BCUT2D eigenvalue weighted by molar-refractivity contribution is -0.120. The number of fused-ring (bicyclic) bond motifs is 1. The second-order valence-corrected chi connectivity index (χ2v) is 10.3. The van der Waals surface area contributed by atoms with E-state index in [4.69, 9.17) is 12.2 Å². The van der Waals surface area contributed by atoms with Gasteiger partial charge in [0.1, 0.15) is 13.9 Å². The highest BCUT2D eigenvalue weighted by Crippen LogP contribution is 2.45. The SMILES string of the molecule is CCN1C(=O)/C(=c2/sc(=CC=C3Sc4ccccc4N3CC)c(=O)n2CC)SC1=S. The maximum Gasteiger partial charge on any atom is 0.269 e. The lowest BCUT2D eigenvalue weighted by Crippen LogP contribution is -2.33. The Balaban J connectivity index is 1.81. The summed E-state index contributed by atoms with van der Waals surface area (Å²) in [5, 5.41) is 1.09. The molecule has 0 radical (unpaired) electrons. The number of thiocarbonyl (C=S) groups is 1. The maximum atomic E-state index is 13.0. The van der Waals surface area contributed by atoms with Crippen LogP contribution in [0, 0.1) is 0 Å². The summed E-state index contributed by atoms with van der Waals surface area (Å²) >= 11 is 9.68. The Morgan fingerprint density at radius 1 is 0.967 bits per heavy atom. The summed E-state index contributed by atoms with van der Waals surface area (Å²) in [6, 6.07) is 8.30. The van der Waals surface area contributed by atoms with E-state index in [1.165, 1.54) is 33.7 Å². The van der Waals surface area contributed by atoms with Crippen molar-refractivity contribution in [2.45, 2.75) is 32.2 Å². The molecule has 156 valence electrons. The van der Waals surface area contributed by atoms with Crippen molar-refractivity contribution in [2.75, 3.05) is 18.0 Å². The van der Waals surface area contributed by atoms with E-state index in [0.29, 0.717) is 31.5 Å². The van der Waals surface area contributed by atoms with Crippen molar-refractivity contribution < 1.29 is 4.79 Å². The average molecular weight is 476 g/mol. The zero-order valence-electron chi connectivity index (χ0n) is 16.9. The smallest absolute Gasteiger partial charge is 0.269 e. The molecule has 1 aromatic heterocycles. The lowest BCUT2D eigenvalue weighted by atomic mass is 10.3. The number of nitrogens with zero attached hydrogens (tertiary/aromatic N) is 3. The lowest BCUT2D eigenvalue weighted by Gasteiger charge is -2.17. The van der Waals surface area contributed by atoms with E-state index in [-0.39, 0.29) is 11.5 Å². The molecule has 1 saturated heterocycles. The first-order valence-electron chi connectivity index (χ1n) is 9.74. The molecule has 2 aromatic rings. The normalized spacial score (nSPS) is 20.1. The zero-order valence-corrected chi connectivity index (χ0v) is 20.1. The van der Waals surface area contributed by atoms with Crippen LogP contribution in [0.2, 0.25) is 0 Å². The summed E-state index contributed by atoms with van der Waals surface area (Å²) in [5.74, 6) is -0.111. The van der Waals surface area contributed by atoms with Gasteiger partial charge in [-0.15, -0.1) is 11.3 Å². The van der Waals surface area contributed by atoms with Crippen molar-refractivity contribution in [2.24, 2.45) is 0 Å². The second kappa shape index (κ2) is 8.74. The number of thiazole rings is 1. The van der Waals surface area contributed by atoms with E-state index < -0.39 is 0 Å². The number of carbonyl (C=O) groups is 1. The van der Waals surface area contributed by atoms with Gasteiger partial charge in [0.2, 0.25) is 0 Å². The minimum absolute atomic E-state index is 0.0697. The van der Waals surface area contributed by atoms with Crippen molar-refractivity contribution in [3.63, 3.8) is 0 Å². The number of allylic oxidation sites excluding steroid dienone is 1. The molecule has 0 spiro atoms. The van der Waals surface area contributed by atoms with Crippen LogP contribution in [-0.2, 0) is 11.3 Å². The van der Waals surface area contributed by atoms with Crippen molar-refractivity contribution in [3.05, 3.63) is 54.9 Å². The Labute approximate surface area is 192 Å². The van der Waals surface area contributed by atoms with Crippen LogP contribution >= 0.6 is 47.1 Å². The number of aromatic nitrogens is 1. The van der Waals surface area contributed by atoms with Crippen molar-refractivity contribution in [1.29, 1.82) is 0 Å². The van der Waals surface area contributed by atoms with Crippen LogP contribution < -0.4 is 19.7 Å². The molecule has 0 unspecified atom stereocenters. The highest BCUT2D eigenvalue weighted by Gasteiger charge is 2.32. The Kier molecular flexibility index (Phi) is 6.24. The van der Waals surface area contributed by atoms with Gasteiger partial charge in [0.05, 0.1) is 15.2 Å². The third-order valence-corrected chi connectivity index (χ3v) is 8.76. The first-order valence-corrected chi connectivity index (χ1v) is 12.6. The number of anilines is 1. The monoisotopic (exact) mass is 475 g/mol. The molecule has 5 nitrogen and oxygen atoms in total. The third kappa shape index (κ3) is 3.57. The second-order valence-electron chi connectivity index (χ2n) is 6.55. The molecular weight excluding hydrogens is 455 g/mol. The van der Waals surface area contributed by atoms with Gasteiger partial charge in [-0.25, -0.2) is 0 Å². The van der Waals surface area contributed by atoms with E-state index in [1.807, 2.05) is 38.1 Å². The fourth-order valence-electron chi connectivity index (χ4n) is 3.44. The number of benzene rings is 1. The number of para-hydroxylation sites is 1. The molecule has 1 aromatic carbocycles. The Hall–Kier alpha value is -1.81. The topological polar surface area (TPSA) is 45.6 Å². The number of hydrogen-bond acceptors (Lipinski definition) is 7. The highest BCUT2D eigenvalue weighted by atomic mass is 32.2. The van der Waals surface area contributed by atoms with Crippen LogP contribution in [0.4, 0.5) is 5.69 Å². The summed E-state index contributed by atoms with van der Waals surface area (Å²) in [6.07, 6.45) is 3.88. The molecule has 0 bridgehead atoms. The molecule has 0 N–H and O–H groups in total. The summed E-state index contributed by atoms with van der Waals surface area (Å²) in [5.41, 5.74) is 1.12. The van der Waals surface area contributed by atoms with Gasteiger partial charge in [-0.05, 0) is 45.1 Å². The zero-order chi connectivity index (χ0) is 21.4. The van der Waals surface area contributed by atoms with Gasteiger partial charge in [-0.3, -0.25) is 19.1 Å². The maximum absolute atomic E-state index is 13.0. The molecule has 30 heavy (non-hydrogen) atoms. The molecule has 1 fully saturated rings. The van der Waals surface area contributed by atoms with Crippen LogP contribution in [0.3, 0.4) is 0 Å². The predicted molar refractivity (Wildman–Crippen MR) is 132 cm³/mol.